The van der Waals surface area contributed by atoms with Crippen LogP contribution in [0.5, 0.6) is 0 Å². The topological polar surface area (TPSA) is 38.0 Å². The summed E-state index contributed by atoms with van der Waals surface area (Å²) in [5.41, 5.74) is 6.11. The van der Waals surface area contributed by atoms with Crippen LogP contribution in [0, 0.1) is 10.8 Å². The van der Waals surface area contributed by atoms with Crippen molar-refractivity contribution in [3.05, 3.63) is 12.4 Å². The van der Waals surface area contributed by atoms with E-state index < -0.39 is 0 Å². The molecule has 0 bridgehead atoms. The molecule has 0 heterocycles. The molecule has 2 heteroatoms. The molecule has 0 radical (unpaired) electrons. The lowest BCUT2D eigenvalue weighted by molar-refractivity contribution is 0.108. The highest BCUT2D eigenvalue weighted by Crippen LogP contribution is 2.41. The summed E-state index contributed by atoms with van der Waals surface area (Å²) >= 11 is 0. The second-order valence-corrected chi connectivity index (χ2v) is 5.91. The summed E-state index contributed by atoms with van der Waals surface area (Å²) < 4.78 is 0. The van der Waals surface area contributed by atoms with Gasteiger partial charge in [0.15, 0.2) is 0 Å². The third kappa shape index (κ3) is 4.03. The summed E-state index contributed by atoms with van der Waals surface area (Å²) in [6.07, 6.45) is 1.09. The minimum Gasteiger partial charge on any atom is -0.386 e. The highest BCUT2D eigenvalue weighted by Gasteiger charge is 2.33. The summed E-state index contributed by atoms with van der Waals surface area (Å²) in [5, 5.41) is 3.15. The molecule has 0 aromatic carbocycles. The summed E-state index contributed by atoms with van der Waals surface area (Å²) in [5.74, 6) is 0.558. The van der Waals surface area contributed by atoms with Crippen molar-refractivity contribution in [2.24, 2.45) is 16.6 Å². The number of hydrogen-bond acceptors (Lipinski definition) is 2. The van der Waals surface area contributed by atoms with E-state index in [0.717, 1.165) is 6.42 Å². The quantitative estimate of drug-likeness (QED) is 0.729. The molecule has 0 aliphatic rings. The maximum absolute atomic E-state index is 5.52. The Bertz CT molecular complexity index is 199. The molecule has 84 valence electrons. The van der Waals surface area contributed by atoms with Crippen LogP contribution in [0.15, 0.2) is 12.4 Å². The third-order valence-corrected chi connectivity index (χ3v) is 3.28. The predicted octanol–water partition coefficient (Wildman–Crippen LogP) is 2.86. The maximum Gasteiger partial charge on any atom is 0.0887 e. The molecule has 1 unspecified atom stereocenters. The van der Waals surface area contributed by atoms with Gasteiger partial charge in [-0.25, -0.2) is 0 Å². The number of hydrogen-bond donors (Lipinski definition) is 2. The van der Waals surface area contributed by atoms with Gasteiger partial charge in [-0.2, -0.15) is 0 Å². The molecule has 0 saturated carbocycles. The lowest BCUT2D eigenvalue weighted by Gasteiger charge is -2.41. The first kappa shape index (κ1) is 13.3. The zero-order chi connectivity index (χ0) is 11.6. The second kappa shape index (κ2) is 4.24. The molecule has 0 saturated heterocycles. The largest absolute Gasteiger partial charge is 0.386 e. The number of rotatable bonds is 4. The molecule has 0 aliphatic heterocycles. The zero-order valence-electron chi connectivity index (χ0n) is 10.6. The smallest absolute Gasteiger partial charge is 0.0887 e. The van der Waals surface area contributed by atoms with Crippen LogP contribution in [0.2, 0.25) is 0 Å². The lowest BCUT2D eigenvalue weighted by atomic mass is 9.66. The molecular weight excluding hydrogens is 172 g/mol. The van der Waals surface area contributed by atoms with Crippen molar-refractivity contribution >= 4 is 0 Å². The van der Waals surface area contributed by atoms with Gasteiger partial charge in [0.25, 0.3) is 0 Å². The molecular formula is C12H26N2. The maximum atomic E-state index is 5.52. The van der Waals surface area contributed by atoms with Crippen molar-refractivity contribution in [3.63, 3.8) is 0 Å². The average Bonchev–Trinajstić information content (AvgIpc) is 1.79. The highest BCUT2D eigenvalue weighted by molar-refractivity contribution is 4.90. The van der Waals surface area contributed by atoms with E-state index in [-0.39, 0.29) is 5.41 Å². The molecule has 1 atom stereocenters. The van der Waals surface area contributed by atoms with Crippen molar-refractivity contribution < 1.29 is 0 Å². The van der Waals surface area contributed by atoms with E-state index in [0.29, 0.717) is 17.3 Å². The fraction of sp³-hybridized carbons (Fsp3) is 0.833. The van der Waals surface area contributed by atoms with Gasteiger partial charge in [-0.3, -0.25) is 0 Å². The van der Waals surface area contributed by atoms with E-state index in [4.69, 9.17) is 5.73 Å². The first-order valence-electron chi connectivity index (χ1n) is 5.27. The molecule has 0 aliphatic carbocycles. The van der Waals surface area contributed by atoms with E-state index in [2.05, 4.69) is 53.4 Å². The molecule has 0 amide bonds. The van der Waals surface area contributed by atoms with Gasteiger partial charge >= 0.3 is 0 Å². The minimum absolute atomic E-state index is 0.287. The van der Waals surface area contributed by atoms with Crippen LogP contribution >= 0.6 is 0 Å². The van der Waals surface area contributed by atoms with Gasteiger partial charge in [-0.1, -0.05) is 41.2 Å². The van der Waals surface area contributed by atoms with Gasteiger partial charge in [-0.15, -0.1) is 0 Å². The van der Waals surface area contributed by atoms with Gasteiger partial charge in [0, 0.05) is 6.04 Å². The van der Waals surface area contributed by atoms with Crippen molar-refractivity contribution in [2.45, 2.75) is 54.0 Å². The van der Waals surface area contributed by atoms with Crippen LogP contribution in [-0.4, -0.2) is 6.04 Å². The molecule has 3 N–H and O–H groups in total. The standard InChI is InChI=1S/C12H26N2/c1-9(14-10(2)13)8-12(6,7)11(3,4)5/h9,14H,2,8,13H2,1,3-7H3. The Labute approximate surface area is 89.0 Å². The summed E-state index contributed by atoms with van der Waals surface area (Å²) in [7, 11) is 0. The van der Waals surface area contributed by atoms with Crippen LogP contribution in [-0.2, 0) is 0 Å². The average molecular weight is 198 g/mol. The van der Waals surface area contributed by atoms with Crippen molar-refractivity contribution in [1.82, 2.24) is 5.32 Å². The molecule has 14 heavy (non-hydrogen) atoms. The van der Waals surface area contributed by atoms with Crippen LogP contribution in [0.3, 0.4) is 0 Å². The summed E-state index contributed by atoms with van der Waals surface area (Å²) in [6.45, 7) is 17.2. The fourth-order valence-electron chi connectivity index (χ4n) is 1.44. The van der Waals surface area contributed by atoms with Gasteiger partial charge in [0.2, 0.25) is 0 Å². The van der Waals surface area contributed by atoms with Gasteiger partial charge in [-0.05, 0) is 24.2 Å². The monoisotopic (exact) mass is 198 g/mol. The summed E-state index contributed by atoms with van der Waals surface area (Å²) in [4.78, 5) is 0. The van der Waals surface area contributed by atoms with E-state index in [9.17, 15) is 0 Å². The second-order valence-electron chi connectivity index (χ2n) is 5.91. The van der Waals surface area contributed by atoms with Crippen molar-refractivity contribution in [1.29, 1.82) is 0 Å². The van der Waals surface area contributed by atoms with Crippen molar-refractivity contribution in [2.75, 3.05) is 0 Å². The third-order valence-electron chi connectivity index (χ3n) is 3.28. The highest BCUT2D eigenvalue weighted by atomic mass is 15.0. The number of nitrogens with two attached hydrogens (primary N) is 1. The Kier molecular flexibility index (Phi) is 4.04. The molecule has 0 rings (SSSR count). The Balaban J connectivity index is 4.29. The van der Waals surface area contributed by atoms with Gasteiger partial charge < -0.3 is 11.1 Å². The van der Waals surface area contributed by atoms with E-state index in [1.807, 2.05) is 0 Å². The van der Waals surface area contributed by atoms with Gasteiger partial charge in [0.05, 0.1) is 5.82 Å². The first-order valence-corrected chi connectivity index (χ1v) is 5.27. The van der Waals surface area contributed by atoms with E-state index >= 15 is 0 Å². The number of nitrogens with one attached hydrogen (secondary N) is 1. The van der Waals surface area contributed by atoms with Crippen LogP contribution in [0.1, 0.15) is 48.0 Å². The lowest BCUT2D eigenvalue weighted by Crippen LogP contribution is -2.38. The normalized spacial score (nSPS) is 15.0. The van der Waals surface area contributed by atoms with Gasteiger partial charge in [0.1, 0.15) is 0 Å². The molecule has 0 aromatic heterocycles. The molecule has 0 spiro atoms. The zero-order valence-corrected chi connectivity index (χ0v) is 10.6. The van der Waals surface area contributed by atoms with Crippen LogP contribution in [0.25, 0.3) is 0 Å². The van der Waals surface area contributed by atoms with E-state index in [1.165, 1.54) is 0 Å². The van der Waals surface area contributed by atoms with Crippen LogP contribution < -0.4 is 11.1 Å². The molecule has 2 nitrogen and oxygen atoms in total. The Morgan fingerprint density at radius 1 is 1.29 bits per heavy atom. The minimum atomic E-state index is 0.287. The predicted molar refractivity (Wildman–Crippen MR) is 63.8 cm³/mol. The fourth-order valence-corrected chi connectivity index (χ4v) is 1.44. The van der Waals surface area contributed by atoms with Crippen LogP contribution in [0.4, 0.5) is 0 Å². The summed E-state index contributed by atoms with van der Waals surface area (Å²) in [6, 6.07) is 0.377. The molecule has 0 fully saturated rings. The Hall–Kier alpha value is -0.660. The van der Waals surface area contributed by atoms with E-state index in [1.54, 1.807) is 0 Å². The Morgan fingerprint density at radius 2 is 1.71 bits per heavy atom. The Morgan fingerprint density at radius 3 is 2.00 bits per heavy atom. The first-order chi connectivity index (χ1) is 6.06. The molecule has 0 aromatic rings. The SMILES string of the molecule is C=C(N)NC(C)CC(C)(C)C(C)(C)C. The van der Waals surface area contributed by atoms with Crippen molar-refractivity contribution in [3.8, 4) is 0 Å².